The summed E-state index contributed by atoms with van der Waals surface area (Å²) in [6, 6.07) is 13.1. The summed E-state index contributed by atoms with van der Waals surface area (Å²) in [6.45, 7) is 6.05. The van der Waals surface area contributed by atoms with Gasteiger partial charge < -0.3 is 5.11 Å². The Kier molecular flexibility index (Phi) is 6.17. The Morgan fingerprint density at radius 3 is 2.26 bits per heavy atom. The lowest BCUT2D eigenvalue weighted by atomic mass is 10.1. The molecule has 0 unspecified atom stereocenters. The van der Waals surface area contributed by atoms with Crippen molar-refractivity contribution in [2.45, 2.75) is 20.8 Å². The molecule has 0 aromatic heterocycles. The highest BCUT2D eigenvalue weighted by molar-refractivity contribution is 6.30. The zero-order valence-corrected chi connectivity index (χ0v) is 12.3. The summed E-state index contributed by atoms with van der Waals surface area (Å²) in [5.74, 6) is 0.235. The van der Waals surface area contributed by atoms with Crippen molar-refractivity contribution in [3.63, 3.8) is 0 Å². The van der Waals surface area contributed by atoms with Crippen molar-refractivity contribution in [2.75, 3.05) is 0 Å². The van der Waals surface area contributed by atoms with Gasteiger partial charge in [0.2, 0.25) is 0 Å². The van der Waals surface area contributed by atoms with E-state index >= 15 is 0 Å². The van der Waals surface area contributed by atoms with Gasteiger partial charge in [0, 0.05) is 10.6 Å². The van der Waals surface area contributed by atoms with Crippen LogP contribution in [0.4, 0.5) is 0 Å². The molecule has 0 aliphatic heterocycles. The smallest absolute Gasteiger partial charge is 0.122 e. The third-order valence-electron chi connectivity index (χ3n) is 2.62. The molecule has 1 nitrogen and oxygen atoms in total. The molecular weight excluding hydrogens is 256 g/mol. The van der Waals surface area contributed by atoms with E-state index in [1.807, 2.05) is 44.2 Å². The Morgan fingerprint density at radius 2 is 1.58 bits per heavy atom. The van der Waals surface area contributed by atoms with Crippen LogP contribution in [0.15, 0.2) is 42.5 Å². The summed E-state index contributed by atoms with van der Waals surface area (Å²) < 4.78 is 0. The first-order valence-corrected chi connectivity index (χ1v) is 6.77. The number of halogens is 1. The van der Waals surface area contributed by atoms with Gasteiger partial charge in [-0.2, -0.15) is 0 Å². The normalized spacial score (nSPS) is 10.1. The number of aryl methyl sites for hydroxylation is 1. The van der Waals surface area contributed by atoms with Crippen molar-refractivity contribution in [3.8, 4) is 5.75 Å². The predicted molar refractivity (Wildman–Crippen MR) is 84.6 cm³/mol. The van der Waals surface area contributed by atoms with Gasteiger partial charge >= 0.3 is 0 Å². The van der Waals surface area contributed by atoms with E-state index in [4.69, 9.17) is 11.6 Å². The molecule has 0 atom stereocenters. The van der Waals surface area contributed by atoms with Crippen molar-refractivity contribution >= 4 is 23.8 Å². The maximum absolute atomic E-state index is 9.67. The lowest BCUT2D eigenvalue weighted by Gasteiger charge is -2.01. The van der Waals surface area contributed by atoms with E-state index in [1.54, 1.807) is 18.2 Å². The van der Waals surface area contributed by atoms with Crippen LogP contribution in [0.5, 0.6) is 5.75 Å². The standard InChI is InChI=1S/C15H13ClO.C2H6/c1-11-4-2-3-5-12(11)6-7-13-10-14(16)8-9-15(13)17;1-2/h2-10,17H,1H3;1-2H3/b7-6+;. The van der Waals surface area contributed by atoms with Gasteiger partial charge in [0.1, 0.15) is 5.75 Å². The summed E-state index contributed by atoms with van der Waals surface area (Å²) in [5.41, 5.74) is 3.05. The van der Waals surface area contributed by atoms with Gasteiger partial charge in [0.25, 0.3) is 0 Å². The van der Waals surface area contributed by atoms with Crippen molar-refractivity contribution in [1.29, 1.82) is 0 Å². The van der Waals surface area contributed by atoms with E-state index in [-0.39, 0.29) is 5.75 Å². The quantitative estimate of drug-likeness (QED) is 0.712. The lowest BCUT2D eigenvalue weighted by molar-refractivity contribution is 0.474. The average Bonchev–Trinajstić information content (AvgIpc) is 2.44. The molecule has 0 aliphatic carbocycles. The van der Waals surface area contributed by atoms with Gasteiger partial charge in [-0.25, -0.2) is 0 Å². The van der Waals surface area contributed by atoms with Crippen molar-refractivity contribution < 1.29 is 5.11 Å². The number of aromatic hydroxyl groups is 1. The van der Waals surface area contributed by atoms with Gasteiger partial charge in [-0.05, 0) is 36.2 Å². The van der Waals surface area contributed by atoms with Crippen molar-refractivity contribution in [2.24, 2.45) is 0 Å². The monoisotopic (exact) mass is 274 g/mol. The molecule has 0 saturated heterocycles. The third kappa shape index (κ3) is 4.46. The van der Waals surface area contributed by atoms with E-state index in [9.17, 15) is 5.11 Å². The van der Waals surface area contributed by atoms with Crippen LogP contribution in [0.25, 0.3) is 12.2 Å². The predicted octanol–water partition coefficient (Wildman–Crippen LogP) is 5.55. The maximum atomic E-state index is 9.67. The van der Waals surface area contributed by atoms with E-state index in [2.05, 4.69) is 13.0 Å². The Bertz CT molecular complexity index is 559. The van der Waals surface area contributed by atoms with E-state index < -0.39 is 0 Å². The SMILES string of the molecule is CC.Cc1ccccc1/C=C/c1cc(Cl)ccc1O. The molecule has 0 radical (unpaired) electrons. The Morgan fingerprint density at radius 1 is 0.947 bits per heavy atom. The first-order chi connectivity index (χ1) is 9.16. The van der Waals surface area contributed by atoms with Crippen LogP contribution in [0.2, 0.25) is 5.02 Å². The van der Waals surface area contributed by atoms with E-state index in [0.29, 0.717) is 5.02 Å². The first kappa shape index (κ1) is 15.3. The van der Waals surface area contributed by atoms with Gasteiger partial charge in [0.05, 0.1) is 0 Å². The third-order valence-corrected chi connectivity index (χ3v) is 2.86. The minimum absolute atomic E-state index is 0.235. The number of phenols is 1. The lowest BCUT2D eigenvalue weighted by Crippen LogP contribution is -1.79. The fourth-order valence-corrected chi connectivity index (χ4v) is 1.79. The molecule has 100 valence electrons. The largest absolute Gasteiger partial charge is 0.507 e. The van der Waals surface area contributed by atoms with Crippen LogP contribution < -0.4 is 0 Å². The Hall–Kier alpha value is -1.73. The molecule has 0 spiro atoms. The number of rotatable bonds is 2. The molecule has 0 heterocycles. The maximum Gasteiger partial charge on any atom is 0.122 e. The average molecular weight is 275 g/mol. The molecule has 2 aromatic rings. The molecule has 2 heteroatoms. The van der Waals surface area contributed by atoms with Gasteiger partial charge in [-0.1, -0.05) is 61.9 Å². The molecule has 0 aliphatic rings. The molecule has 0 bridgehead atoms. The number of benzene rings is 2. The summed E-state index contributed by atoms with van der Waals surface area (Å²) in [4.78, 5) is 0. The van der Waals surface area contributed by atoms with Crippen molar-refractivity contribution in [3.05, 3.63) is 64.2 Å². The highest BCUT2D eigenvalue weighted by Gasteiger charge is 1.98. The molecule has 1 N–H and O–H groups in total. The van der Waals surface area contributed by atoms with Crippen LogP contribution in [-0.2, 0) is 0 Å². The summed E-state index contributed by atoms with van der Waals surface area (Å²) in [7, 11) is 0. The van der Waals surface area contributed by atoms with E-state index in [1.165, 1.54) is 5.56 Å². The molecule has 2 rings (SSSR count). The minimum Gasteiger partial charge on any atom is -0.507 e. The Balaban J connectivity index is 0.000000861. The molecule has 0 saturated carbocycles. The first-order valence-electron chi connectivity index (χ1n) is 6.39. The van der Waals surface area contributed by atoms with E-state index in [0.717, 1.165) is 11.1 Å². The van der Waals surface area contributed by atoms with Crippen LogP contribution in [0, 0.1) is 6.92 Å². The van der Waals surface area contributed by atoms with Gasteiger partial charge in [-0.15, -0.1) is 0 Å². The summed E-state index contributed by atoms with van der Waals surface area (Å²) in [5, 5.41) is 10.3. The van der Waals surface area contributed by atoms with Crippen LogP contribution in [-0.4, -0.2) is 5.11 Å². The topological polar surface area (TPSA) is 20.2 Å². The zero-order chi connectivity index (χ0) is 14.3. The Labute approximate surface area is 120 Å². The molecule has 19 heavy (non-hydrogen) atoms. The second-order valence-corrected chi connectivity index (χ2v) is 4.33. The molecule has 0 fully saturated rings. The minimum atomic E-state index is 0.235. The highest BCUT2D eigenvalue weighted by atomic mass is 35.5. The molecule has 0 amide bonds. The summed E-state index contributed by atoms with van der Waals surface area (Å²) in [6.07, 6.45) is 3.84. The number of hydrogen-bond donors (Lipinski definition) is 1. The highest BCUT2D eigenvalue weighted by Crippen LogP contribution is 2.23. The number of phenolic OH excluding ortho intramolecular Hbond substituents is 1. The van der Waals surface area contributed by atoms with Crippen molar-refractivity contribution in [1.82, 2.24) is 0 Å². The zero-order valence-electron chi connectivity index (χ0n) is 11.5. The summed E-state index contributed by atoms with van der Waals surface area (Å²) >= 11 is 5.88. The second kappa shape index (κ2) is 7.65. The second-order valence-electron chi connectivity index (χ2n) is 3.89. The fraction of sp³-hybridized carbons (Fsp3) is 0.176. The van der Waals surface area contributed by atoms with Gasteiger partial charge in [0.15, 0.2) is 0 Å². The fourth-order valence-electron chi connectivity index (χ4n) is 1.61. The van der Waals surface area contributed by atoms with Crippen LogP contribution >= 0.6 is 11.6 Å². The molecule has 2 aromatic carbocycles. The van der Waals surface area contributed by atoms with Gasteiger partial charge in [-0.3, -0.25) is 0 Å². The molecular formula is C17H19ClO. The number of hydrogen-bond acceptors (Lipinski definition) is 1. The van der Waals surface area contributed by atoms with Crippen LogP contribution in [0.3, 0.4) is 0 Å². The van der Waals surface area contributed by atoms with Crippen LogP contribution in [0.1, 0.15) is 30.5 Å².